The molecular weight excluding hydrogens is 298 g/mol. The van der Waals surface area contributed by atoms with Gasteiger partial charge < -0.3 is 9.47 Å². The number of rotatable bonds is 4. The molecule has 94 valence electrons. The van der Waals surface area contributed by atoms with Gasteiger partial charge in [-0.25, -0.2) is 4.79 Å². The number of aryl methyl sites for hydroxylation is 1. The Morgan fingerprint density at radius 1 is 1.47 bits per heavy atom. The second-order valence-corrected chi connectivity index (χ2v) is 4.10. The molecule has 0 bridgehead atoms. The first-order valence-corrected chi connectivity index (χ1v) is 5.66. The Balaban J connectivity index is 2.82. The second-order valence-electron chi connectivity index (χ2n) is 3.25. The van der Waals surface area contributed by atoms with Crippen LogP contribution in [0.4, 0.5) is 8.78 Å². The van der Waals surface area contributed by atoms with E-state index in [9.17, 15) is 13.6 Å². The van der Waals surface area contributed by atoms with Gasteiger partial charge in [0.25, 0.3) is 0 Å². The van der Waals surface area contributed by atoms with Gasteiger partial charge in [0.2, 0.25) is 0 Å². The minimum atomic E-state index is -3.98. The van der Waals surface area contributed by atoms with Gasteiger partial charge in [-0.2, -0.15) is 8.78 Å². The van der Waals surface area contributed by atoms with Gasteiger partial charge in [0.05, 0.1) is 6.61 Å². The van der Waals surface area contributed by atoms with Crippen molar-refractivity contribution < 1.29 is 23.0 Å². The molecule has 6 heteroatoms. The molecule has 3 nitrogen and oxygen atoms in total. The lowest BCUT2D eigenvalue weighted by molar-refractivity contribution is -0.216. The summed E-state index contributed by atoms with van der Waals surface area (Å²) >= 11 is 3.23. The van der Waals surface area contributed by atoms with Crippen molar-refractivity contribution in [2.45, 2.75) is 20.0 Å². The van der Waals surface area contributed by atoms with Gasteiger partial charge in [-0.3, -0.25) is 0 Å². The Morgan fingerprint density at radius 3 is 2.65 bits per heavy atom. The fourth-order valence-electron chi connectivity index (χ4n) is 1.09. The van der Waals surface area contributed by atoms with Gasteiger partial charge >= 0.3 is 12.1 Å². The number of carbonyl (C=O) groups is 1. The summed E-state index contributed by atoms with van der Waals surface area (Å²) in [6.45, 7) is 3.04. The summed E-state index contributed by atoms with van der Waals surface area (Å²) in [5, 5.41) is 0. The Hall–Kier alpha value is -1.17. The highest BCUT2D eigenvalue weighted by molar-refractivity contribution is 9.10. The van der Waals surface area contributed by atoms with Gasteiger partial charge in [0.15, 0.2) is 0 Å². The number of hydrogen-bond acceptors (Lipinski definition) is 3. The Kier molecular flexibility index (Phi) is 4.45. The van der Waals surface area contributed by atoms with E-state index in [-0.39, 0.29) is 12.4 Å². The molecule has 0 unspecified atom stereocenters. The zero-order valence-electron chi connectivity index (χ0n) is 9.30. The zero-order chi connectivity index (χ0) is 13.1. The van der Waals surface area contributed by atoms with Crippen molar-refractivity contribution in [3.63, 3.8) is 0 Å². The van der Waals surface area contributed by atoms with Crippen LogP contribution in [0.15, 0.2) is 22.7 Å². The van der Waals surface area contributed by atoms with Crippen molar-refractivity contribution in [3.05, 3.63) is 28.2 Å². The van der Waals surface area contributed by atoms with Crippen LogP contribution < -0.4 is 4.74 Å². The van der Waals surface area contributed by atoms with Gasteiger partial charge in [0, 0.05) is 4.47 Å². The first-order valence-electron chi connectivity index (χ1n) is 4.87. The van der Waals surface area contributed by atoms with Crippen molar-refractivity contribution in [2.75, 3.05) is 6.61 Å². The van der Waals surface area contributed by atoms with Crippen LogP contribution in [0.3, 0.4) is 0 Å². The Labute approximate surface area is 106 Å². The van der Waals surface area contributed by atoms with Gasteiger partial charge in [0.1, 0.15) is 5.75 Å². The van der Waals surface area contributed by atoms with E-state index >= 15 is 0 Å². The molecule has 0 aliphatic carbocycles. The molecule has 0 aromatic heterocycles. The minimum Gasteiger partial charge on any atom is -0.459 e. The third-order valence-electron chi connectivity index (χ3n) is 1.89. The van der Waals surface area contributed by atoms with Crippen LogP contribution in [-0.2, 0) is 9.53 Å². The molecule has 0 aliphatic heterocycles. The molecule has 0 saturated carbocycles. The van der Waals surface area contributed by atoms with Gasteiger partial charge in [-0.1, -0.05) is 15.9 Å². The molecule has 0 radical (unpaired) electrons. The van der Waals surface area contributed by atoms with E-state index in [0.29, 0.717) is 0 Å². The van der Waals surface area contributed by atoms with Crippen molar-refractivity contribution in [1.82, 2.24) is 0 Å². The van der Waals surface area contributed by atoms with Crippen LogP contribution in [0, 0.1) is 6.92 Å². The van der Waals surface area contributed by atoms with E-state index < -0.39 is 12.1 Å². The first-order chi connectivity index (χ1) is 7.86. The van der Waals surface area contributed by atoms with E-state index in [1.807, 2.05) is 0 Å². The molecule has 1 aromatic carbocycles. The summed E-state index contributed by atoms with van der Waals surface area (Å²) in [6, 6.07) is 4.30. The highest BCUT2D eigenvalue weighted by atomic mass is 79.9. The van der Waals surface area contributed by atoms with Crippen LogP contribution in [-0.4, -0.2) is 18.7 Å². The lowest BCUT2D eigenvalue weighted by Gasteiger charge is -2.16. The molecule has 0 fully saturated rings. The van der Waals surface area contributed by atoms with Crippen molar-refractivity contribution in [1.29, 1.82) is 0 Å². The van der Waals surface area contributed by atoms with Crippen molar-refractivity contribution in [3.8, 4) is 5.75 Å². The summed E-state index contributed by atoms with van der Waals surface area (Å²) in [6.07, 6.45) is -3.98. The Bertz CT molecular complexity index is 421. The fourth-order valence-corrected chi connectivity index (χ4v) is 1.33. The molecular formula is C11H11BrF2O3. The highest BCUT2D eigenvalue weighted by Gasteiger charge is 2.44. The number of esters is 1. The lowest BCUT2D eigenvalue weighted by atomic mass is 10.2. The Morgan fingerprint density at radius 2 is 2.12 bits per heavy atom. The van der Waals surface area contributed by atoms with Gasteiger partial charge in [-0.05, 0) is 37.6 Å². The quantitative estimate of drug-likeness (QED) is 0.801. The smallest absolute Gasteiger partial charge is 0.459 e. The molecule has 1 aromatic rings. The van der Waals surface area contributed by atoms with Crippen LogP contribution in [0.5, 0.6) is 5.75 Å². The van der Waals surface area contributed by atoms with Crippen molar-refractivity contribution in [2.24, 2.45) is 0 Å². The maximum absolute atomic E-state index is 13.2. The summed E-state index contributed by atoms with van der Waals surface area (Å²) in [5.41, 5.74) is 0.724. The topological polar surface area (TPSA) is 35.5 Å². The maximum atomic E-state index is 13.2. The second kappa shape index (κ2) is 5.44. The summed E-state index contributed by atoms with van der Waals surface area (Å²) in [5.74, 6) is -1.79. The molecule has 0 saturated heterocycles. The minimum absolute atomic E-state index is 0.0937. The van der Waals surface area contributed by atoms with E-state index in [1.165, 1.54) is 19.1 Å². The number of halogens is 3. The zero-order valence-corrected chi connectivity index (χ0v) is 10.9. The highest BCUT2D eigenvalue weighted by Crippen LogP contribution is 2.26. The molecule has 17 heavy (non-hydrogen) atoms. The largest absolute Gasteiger partial charge is 0.502 e. The van der Waals surface area contributed by atoms with Crippen LogP contribution in [0.25, 0.3) is 0 Å². The maximum Gasteiger partial charge on any atom is 0.502 e. The van der Waals surface area contributed by atoms with Crippen LogP contribution in [0.2, 0.25) is 0 Å². The third-order valence-corrected chi connectivity index (χ3v) is 2.78. The molecule has 0 aliphatic rings. The number of carbonyl (C=O) groups excluding carboxylic acids is 1. The molecule has 0 atom stereocenters. The molecule has 0 spiro atoms. The molecule has 1 rings (SSSR count). The number of hydrogen-bond donors (Lipinski definition) is 0. The lowest BCUT2D eigenvalue weighted by Crippen LogP contribution is -2.36. The number of alkyl halides is 2. The summed E-state index contributed by atoms with van der Waals surface area (Å²) in [7, 11) is 0. The first kappa shape index (κ1) is 13.9. The number of ether oxygens (including phenoxy) is 2. The van der Waals surface area contributed by atoms with E-state index in [1.54, 1.807) is 13.0 Å². The fraction of sp³-hybridized carbons (Fsp3) is 0.364. The van der Waals surface area contributed by atoms with Crippen LogP contribution >= 0.6 is 15.9 Å². The van der Waals surface area contributed by atoms with Crippen LogP contribution in [0.1, 0.15) is 12.5 Å². The third kappa shape index (κ3) is 3.66. The average molecular weight is 309 g/mol. The monoisotopic (exact) mass is 308 g/mol. The molecule has 0 N–H and O–H groups in total. The van der Waals surface area contributed by atoms with E-state index in [4.69, 9.17) is 0 Å². The SMILES string of the molecule is CCOC(=O)C(F)(F)Oc1ccc(Br)c(C)c1. The molecule has 0 amide bonds. The summed E-state index contributed by atoms with van der Waals surface area (Å²) < 4.78 is 35.7. The standard InChI is InChI=1S/C11H11BrF2O3/c1-3-16-10(15)11(13,14)17-8-4-5-9(12)7(2)6-8/h4-6H,3H2,1-2H3. The predicted molar refractivity (Wildman–Crippen MR) is 61.1 cm³/mol. The number of benzene rings is 1. The predicted octanol–water partition coefficient (Wildman–Crippen LogP) is 3.29. The normalized spacial score (nSPS) is 11.1. The average Bonchev–Trinajstić information content (AvgIpc) is 2.23. The van der Waals surface area contributed by atoms with Gasteiger partial charge in [-0.15, -0.1) is 0 Å². The van der Waals surface area contributed by atoms with Crippen molar-refractivity contribution >= 4 is 21.9 Å². The summed E-state index contributed by atoms with van der Waals surface area (Å²) in [4.78, 5) is 10.9. The van der Waals surface area contributed by atoms with E-state index in [0.717, 1.165) is 10.0 Å². The molecule has 0 heterocycles. The van der Waals surface area contributed by atoms with E-state index in [2.05, 4.69) is 25.4 Å².